The summed E-state index contributed by atoms with van der Waals surface area (Å²) >= 11 is 0. The van der Waals surface area contributed by atoms with Gasteiger partial charge in [-0.1, -0.05) is 38.1 Å². The lowest BCUT2D eigenvalue weighted by molar-refractivity contribution is 0.313. The highest BCUT2D eigenvalue weighted by Gasteiger charge is 2.16. The first-order chi connectivity index (χ1) is 17.2. The van der Waals surface area contributed by atoms with Crippen LogP contribution in [0.4, 0.5) is 17.3 Å². The van der Waals surface area contributed by atoms with Crippen LogP contribution in [0, 0.1) is 12.8 Å². The Morgan fingerprint density at radius 3 is 2.39 bits per heavy atom. The lowest BCUT2D eigenvalue weighted by atomic mass is 10.0. The summed E-state index contributed by atoms with van der Waals surface area (Å²) in [6.07, 6.45) is 2.45. The number of hydrogen-bond acceptors (Lipinski definition) is 7. The number of rotatable bonds is 9. The second-order valence-electron chi connectivity index (χ2n) is 10.2. The number of sulfone groups is 1. The van der Waals surface area contributed by atoms with Crippen molar-refractivity contribution in [1.29, 1.82) is 0 Å². The first kappa shape index (κ1) is 26.1. The molecule has 0 atom stereocenters. The predicted octanol–water partition coefficient (Wildman–Crippen LogP) is 4.44. The van der Waals surface area contributed by atoms with Gasteiger partial charge in [0.15, 0.2) is 9.84 Å². The number of piperazine rings is 1. The first-order valence-electron chi connectivity index (χ1n) is 12.6. The van der Waals surface area contributed by atoms with Crippen molar-refractivity contribution in [2.45, 2.75) is 32.9 Å². The summed E-state index contributed by atoms with van der Waals surface area (Å²) in [5.74, 6) is 0.946. The summed E-state index contributed by atoms with van der Waals surface area (Å²) in [5.41, 5.74) is 5.96. The van der Waals surface area contributed by atoms with Crippen LogP contribution in [-0.2, 0) is 22.0 Å². The zero-order valence-electron chi connectivity index (χ0n) is 21.7. The van der Waals surface area contributed by atoms with E-state index in [9.17, 15) is 8.42 Å². The molecule has 0 saturated carbocycles. The second-order valence-corrected chi connectivity index (χ2v) is 12.3. The van der Waals surface area contributed by atoms with E-state index in [0.717, 1.165) is 54.3 Å². The fourth-order valence-electron chi connectivity index (χ4n) is 4.51. The minimum Gasteiger partial charge on any atom is -0.369 e. The molecule has 0 bridgehead atoms. The van der Waals surface area contributed by atoms with Gasteiger partial charge in [0.1, 0.15) is 0 Å². The fourth-order valence-corrected chi connectivity index (χ4v) is 6.33. The Hall–Kier alpha value is -2.97. The number of nitrogens with zero attached hydrogens (tertiary/aromatic N) is 4. The van der Waals surface area contributed by atoms with Crippen LogP contribution < -0.4 is 10.2 Å². The molecule has 4 rings (SSSR count). The predicted molar refractivity (Wildman–Crippen MR) is 148 cm³/mol. The van der Waals surface area contributed by atoms with Crippen LogP contribution >= 0.6 is 0 Å². The van der Waals surface area contributed by atoms with Crippen LogP contribution in [-0.4, -0.2) is 62.3 Å². The molecule has 0 aliphatic carbocycles. The van der Waals surface area contributed by atoms with Crippen molar-refractivity contribution in [2.75, 3.05) is 49.2 Å². The standard InChI is InChI=1S/C28H37N5O2S/c1-21(2)19-36(34,35)20-24-7-5-6-23(16-24)17-27-22(3)18-29-28(31-27)30-25-8-10-26(11-9-25)33-14-12-32(4)13-15-33/h5-11,16,18,21H,12-15,17,19-20H2,1-4H3,(H,29,30,31). The molecular formula is C28H37N5O2S. The Balaban J connectivity index is 1.43. The second kappa shape index (κ2) is 11.4. The minimum atomic E-state index is -3.13. The third-order valence-electron chi connectivity index (χ3n) is 6.41. The minimum absolute atomic E-state index is 0.0682. The van der Waals surface area contributed by atoms with Gasteiger partial charge in [0.25, 0.3) is 0 Å². The molecule has 1 fully saturated rings. The summed E-state index contributed by atoms with van der Waals surface area (Å²) in [4.78, 5) is 14.0. The summed E-state index contributed by atoms with van der Waals surface area (Å²) in [7, 11) is -0.965. The molecule has 192 valence electrons. The van der Waals surface area contributed by atoms with Gasteiger partial charge >= 0.3 is 0 Å². The van der Waals surface area contributed by atoms with Gasteiger partial charge in [-0.2, -0.15) is 0 Å². The maximum absolute atomic E-state index is 12.4. The van der Waals surface area contributed by atoms with Crippen molar-refractivity contribution in [2.24, 2.45) is 5.92 Å². The zero-order chi connectivity index (χ0) is 25.7. The van der Waals surface area contributed by atoms with Crippen LogP contribution in [0.3, 0.4) is 0 Å². The van der Waals surface area contributed by atoms with Gasteiger partial charge in [-0.15, -0.1) is 0 Å². The van der Waals surface area contributed by atoms with Gasteiger partial charge in [0.05, 0.1) is 17.2 Å². The molecule has 1 aromatic heterocycles. The number of aryl methyl sites for hydroxylation is 1. The fraction of sp³-hybridized carbons (Fsp3) is 0.429. The molecule has 1 aliphatic rings. The van der Waals surface area contributed by atoms with Crippen molar-refractivity contribution in [1.82, 2.24) is 14.9 Å². The highest BCUT2D eigenvalue weighted by atomic mass is 32.2. The van der Waals surface area contributed by atoms with E-state index in [1.165, 1.54) is 5.69 Å². The van der Waals surface area contributed by atoms with Crippen LogP contribution in [0.5, 0.6) is 0 Å². The van der Waals surface area contributed by atoms with E-state index in [0.29, 0.717) is 12.4 Å². The molecule has 36 heavy (non-hydrogen) atoms. The van der Waals surface area contributed by atoms with E-state index in [4.69, 9.17) is 4.98 Å². The lowest BCUT2D eigenvalue weighted by Gasteiger charge is -2.34. The first-order valence-corrected chi connectivity index (χ1v) is 14.4. The largest absolute Gasteiger partial charge is 0.369 e. The number of aromatic nitrogens is 2. The maximum atomic E-state index is 12.4. The smallest absolute Gasteiger partial charge is 0.227 e. The third kappa shape index (κ3) is 7.27. The maximum Gasteiger partial charge on any atom is 0.227 e. The molecule has 0 amide bonds. The van der Waals surface area contributed by atoms with E-state index < -0.39 is 9.84 Å². The molecule has 0 unspecified atom stereocenters. The molecule has 2 aromatic carbocycles. The van der Waals surface area contributed by atoms with Crippen molar-refractivity contribution in [3.8, 4) is 0 Å². The van der Waals surface area contributed by atoms with Crippen LogP contribution in [0.25, 0.3) is 0 Å². The molecule has 0 radical (unpaired) electrons. The Morgan fingerprint density at radius 1 is 1.00 bits per heavy atom. The van der Waals surface area contributed by atoms with Crippen LogP contribution in [0.15, 0.2) is 54.7 Å². The van der Waals surface area contributed by atoms with E-state index in [1.54, 1.807) is 0 Å². The SMILES string of the molecule is Cc1cnc(Nc2ccc(N3CCN(C)CC3)cc2)nc1Cc1cccc(CS(=O)(=O)CC(C)C)c1. The topological polar surface area (TPSA) is 78.4 Å². The lowest BCUT2D eigenvalue weighted by Crippen LogP contribution is -2.44. The van der Waals surface area contributed by atoms with E-state index in [1.807, 2.05) is 51.2 Å². The van der Waals surface area contributed by atoms with Gasteiger partial charge < -0.3 is 15.1 Å². The van der Waals surface area contributed by atoms with E-state index in [2.05, 4.69) is 51.4 Å². The van der Waals surface area contributed by atoms with Crippen molar-refractivity contribution >= 4 is 27.2 Å². The summed E-state index contributed by atoms with van der Waals surface area (Å²) in [5, 5.41) is 3.33. The summed E-state index contributed by atoms with van der Waals surface area (Å²) in [6.45, 7) is 10.1. The molecule has 3 aromatic rings. The zero-order valence-corrected chi connectivity index (χ0v) is 22.6. The molecule has 2 heterocycles. The monoisotopic (exact) mass is 507 g/mol. The van der Waals surface area contributed by atoms with Crippen molar-refractivity contribution in [3.05, 3.63) is 77.1 Å². The highest BCUT2D eigenvalue weighted by Crippen LogP contribution is 2.22. The molecular weight excluding hydrogens is 470 g/mol. The third-order valence-corrected chi connectivity index (χ3v) is 8.35. The summed E-state index contributed by atoms with van der Waals surface area (Å²) in [6, 6.07) is 16.2. The van der Waals surface area contributed by atoms with Crippen molar-refractivity contribution in [3.63, 3.8) is 0 Å². The normalized spacial score (nSPS) is 14.9. The molecule has 8 heteroatoms. The number of nitrogens with one attached hydrogen (secondary N) is 1. The van der Waals surface area contributed by atoms with Gasteiger partial charge in [0.2, 0.25) is 5.95 Å². The van der Waals surface area contributed by atoms with Crippen LogP contribution in [0.2, 0.25) is 0 Å². The number of anilines is 3. The molecule has 1 saturated heterocycles. The van der Waals surface area contributed by atoms with E-state index in [-0.39, 0.29) is 17.4 Å². The molecule has 1 N–H and O–H groups in total. The number of likely N-dealkylation sites (N-methyl/N-ethyl adjacent to an activating group) is 1. The average molecular weight is 508 g/mol. The quantitative estimate of drug-likeness (QED) is 0.459. The molecule has 7 nitrogen and oxygen atoms in total. The number of benzene rings is 2. The highest BCUT2D eigenvalue weighted by molar-refractivity contribution is 7.90. The Kier molecular flexibility index (Phi) is 8.26. The van der Waals surface area contributed by atoms with Gasteiger partial charge in [-0.3, -0.25) is 0 Å². The number of hydrogen-bond donors (Lipinski definition) is 1. The molecule has 1 aliphatic heterocycles. The Morgan fingerprint density at radius 2 is 1.69 bits per heavy atom. The van der Waals surface area contributed by atoms with Gasteiger partial charge in [-0.25, -0.2) is 18.4 Å². The van der Waals surface area contributed by atoms with Gasteiger partial charge in [-0.05, 0) is 60.8 Å². The Bertz CT molecular complexity index is 1270. The summed E-state index contributed by atoms with van der Waals surface area (Å²) < 4.78 is 24.9. The van der Waals surface area contributed by atoms with Crippen molar-refractivity contribution < 1.29 is 8.42 Å². The van der Waals surface area contributed by atoms with Crippen LogP contribution in [0.1, 0.15) is 36.2 Å². The Labute approximate surface area is 215 Å². The van der Waals surface area contributed by atoms with Gasteiger partial charge in [0, 0.05) is 50.2 Å². The van der Waals surface area contributed by atoms with E-state index >= 15 is 0 Å². The average Bonchev–Trinajstić information content (AvgIpc) is 2.81. The molecule has 0 spiro atoms.